The van der Waals surface area contributed by atoms with Gasteiger partial charge in [0.25, 0.3) is 0 Å². The molecule has 39 heavy (non-hydrogen) atoms. The monoisotopic (exact) mass is 539 g/mol. The number of hydrogen-bond donors (Lipinski definition) is 2. The lowest BCUT2D eigenvalue weighted by Gasteiger charge is -2.51. The number of nitrogens with one attached hydrogen (secondary N) is 1. The predicted octanol–water partition coefficient (Wildman–Crippen LogP) is 5.20. The van der Waals surface area contributed by atoms with Crippen LogP contribution in [0.25, 0.3) is 10.9 Å². The highest BCUT2D eigenvalue weighted by molar-refractivity contribution is 6.01. The Kier molecular flexibility index (Phi) is 6.79. The summed E-state index contributed by atoms with van der Waals surface area (Å²) in [4.78, 5) is 30.7. The molecule has 2 aliphatic heterocycles. The molecule has 2 N–H and O–H groups in total. The van der Waals surface area contributed by atoms with Gasteiger partial charge in [0.05, 0.1) is 22.6 Å². The van der Waals surface area contributed by atoms with Gasteiger partial charge in [0.15, 0.2) is 0 Å². The fraction of sp³-hybridized carbons (Fsp3) is 0.433. The second-order valence-electron chi connectivity index (χ2n) is 11.5. The zero-order valence-electron chi connectivity index (χ0n) is 22.2. The molecule has 3 aromatic rings. The first kappa shape index (κ1) is 27.3. The third kappa shape index (κ3) is 5.17. The fourth-order valence-corrected chi connectivity index (χ4v) is 6.06. The Hall–Kier alpha value is -3.30. The summed E-state index contributed by atoms with van der Waals surface area (Å²) in [5, 5.41) is 15.3. The SMILES string of the molecule is Cc1cc2ncc(C3CCC(=O)NC3=O)cc2cc1C1(O)CCN(Cc2ccc(C(F)(F)F)cc2)CC1(C)C. The van der Waals surface area contributed by atoms with E-state index >= 15 is 0 Å². The molecule has 0 saturated carbocycles. The van der Waals surface area contributed by atoms with Crippen molar-refractivity contribution >= 4 is 22.7 Å². The number of pyridine rings is 1. The van der Waals surface area contributed by atoms with E-state index in [9.17, 15) is 27.9 Å². The molecule has 206 valence electrons. The number of likely N-dealkylation sites (tertiary alicyclic amines) is 1. The number of aliphatic hydroxyl groups is 1. The first-order chi connectivity index (χ1) is 18.3. The average molecular weight is 540 g/mol. The number of amides is 2. The maximum absolute atomic E-state index is 12.9. The first-order valence-corrected chi connectivity index (χ1v) is 13.1. The molecule has 0 aliphatic carbocycles. The highest BCUT2D eigenvalue weighted by atomic mass is 19.4. The summed E-state index contributed by atoms with van der Waals surface area (Å²) in [5.74, 6) is -1.03. The van der Waals surface area contributed by atoms with E-state index in [1.165, 1.54) is 12.1 Å². The number of hydrogen-bond acceptors (Lipinski definition) is 5. The van der Waals surface area contributed by atoms with E-state index in [4.69, 9.17) is 0 Å². The number of aryl methyl sites for hydroxylation is 1. The molecule has 1 aromatic heterocycles. The van der Waals surface area contributed by atoms with Crippen LogP contribution < -0.4 is 5.32 Å². The normalized spacial score (nSPS) is 24.1. The van der Waals surface area contributed by atoms with E-state index in [0.29, 0.717) is 32.5 Å². The van der Waals surface area contributed by atoms with E-state index < -0.39 is 28.7 Å². The predicted molar refractivity (Wildman–Crippen MR) is 141 cm³/mol. The Morgan fingerprint density at radius 3 is 2.49 bits per heavy atom. The minimum absolute atomic E-state index is 0.267. The Labute approximate surface area is 225 Å². The van der Waals surface area contributed by atoms with Crippen LogP contribution >= 0.6 is 0 Å². The Balaban J connectivity index is 1.39. The van der Waals surface area contributed by atoms with Gasteiger partial charge >= 0.3 is 6.18 Å². The summed E-state index contributed by atoms with van der Waals surface area (Å²) in [6.07, 6.45) is -1.52. The van der Waals surface area contributed by atoms with Crippen molar-refractivity contribution in [2.24, 2.45) is 5.41 Å². The van der Waals surface area contributed by atoms with Crippen molar-refractivity contribution in [3.63, 3.8) is 0 Å². The Morgan fingerprint density at radius 1 is 1.13 bits per heavy atom. The van der Waals surface area contributed by atoms with Crippen molar-refractivity contribution < 1.29 is 27.9 Å². The molecule has 5 rings (SSSR count). The number of halogens is 3. The van der Waals surface area contributed by atoms with Gasteiger partial charge < -0.3 is 5.11 Å². The Morgan fingerprint density at radius 2 is 1.85 bits per heavy atom. The van der Waals surface area contributed by atoms with Crippen molar-refractivity contribution in [2.75, 3.05) is 13.1 Å². The largest absolute Gasteiger partial charge is 0.416 e. The number of alkyl halides is 3. The van der Waals surface area contributed by atoms with Gasteiger partial charge in [-0.3, -0.25) is 24.8 Å². The van der Waals surface area contributed by atoms with Crippen LogP contribution in [0.3, 0.4) is 0 Å². The summed E-state index contributed by atoms with van der Waals surface area (Å²) in [7, 11) is 0. The van der Waals surface area contributed by atoms with E-state index in [1.54, 1.807) is 6.20 Å². The van der Waals surface area contributed by atoms with Gasteiger partial charge in [-0.25, -0.2) is 0 Å². The molecule has 2 unspecified atom stereocenters. The van der Waals surface area contributed by atoms with E-state index in [2.05, 4.69) is 15.2 Å². The van der Waals surface area contributed by atoms with Gasteiger partial charge in [-0.05, 0) is 72.4 Å². The topological polar surface area (TPSA) is 82.5 Å². The van der Waals surface area contributed by atoms with Gasteiger partial charge in [-0.15, -0.1) is 0 Å². The molecule has 2 saturated heterocycles. The van der Waals surface area contributed by atoms with E-state index in [0.717, 1.165) is 45.3 Å². The van der Waals surface area contributed by atoms with Gasteiger partial charge in [0, 0.05) is 43.1 Å². The third-order valence-corrected chi connectivity index (χ3v) is 8.35. The molecule has 2 atom stereocenters. The minimum Gasteiger partial charge on any atom is -0.384 e. The molecule has 3 heterocycles. The van der Waals surface area contributed by atoms with Crippen LogP contribution in [0.15, 0.2) is 48.7 Å². The molecule has 6 nitrogen and oxygen atoms in total. The Bertz CT molecular complexity index is 1440. The van der Waals surface area contributed by atoms with Crippen LogP contribution in [-0.2, 0) is 27.9 Å². The highest BCUT2D eigenvalue weighted by Crippen LogP contribution is 2.48. The molecule has 2 fully saturated rings. The second kappa shape index (κ2) is 9.71. The molecule has 0 spiro atoms. The van der Waals surface area contributed by atoms with Crippen LogP contribution in [0.4, 0.5) is 13.2 Å². The van der Waals surface area contributed by atoms with Gasteiger partial charge in [-0.2, -0.15) is 13.2 Å². The number of nitrogens with zero attached hydrogens (tertiary/aromatic N) is 2. The minimum atomic E-state index is -4.36. The number of aromatic nitrogens is 1. The lowest BCUT2D eigenvalue weighted by atomic mass is 9.65. The van der Waals surface area contributed by atoms with Crippen LogP contribution in [-0.4, -0.2) is 39.9 Å². The molecular weight excluding hydrogens is 507 g/mol. The van der Waals surface area contributed by atoms with E-state index in [1.807, 2.05) is 39.0 Å². The van der Waals surface area contributed by atoms with Gasteiger partial charge in [-0.1, -0.05) is 26.0 Å². The number of carbonyl (C=O) groups is 2. The quantitative estimate of drug-likeness (QED) is 0.446. The summed E-state index contributed by atoms with van der Waals surface area (Å²) in [6.45, 7) is 7.59. The van der Waals surface area contributed by atoms with Crippen LogP contribution in [0, 0.1) is 12.3 Å². The lowest BCUT2D eigenvalue weighted by molar-refractivity contribution is -0.138. The summed E-state index contributed by atoms with van der Waals surface area (Å²) >= 11 is 0. The van der Waals surface area contributed by atoms with E-state index in [-0.39, 0.29) is 18.2 Å². The molecule has 2 aromatic carbocycles. The van der Waals surface area contributed by atoms with Crippen molar-refractivity contribution in [3.05, 3.63) is 76.5 Å². The number of piperidine rings is 2. The number of benzene rings is 2. The third-order valence-electron chi connectivity index (χ3n) is 8.35. The maximum Gasteiger partial charge on any atom is 0.416 e. The summed E-state index contributed by atoms with van der Waals surface area (Å²) in [5.41, 5.74) is 1.62. The number of carbonyl (C=O) groups excluding carboxylic acids is 2. The molecule has 0 bridgehead atoms. The molecule has 2 amide bonds. The van der Waals surface area contributed by atoms with Crippen LogP contribution in [0.1, 0.15) is 66.8 Å². The smallest absolute Gasteiger partial charge is 0.384 e. The zero-order chi connectivity index (χ0) is 28.2. The summed E-state index contributed by atoms with van der Waals surface area (Å²) in [6, 6.07) is 11.1. The number of imide groups is 1. The standard InChI is InChI=1S/C30H32F3N3O3/c1-18-12-25-20(13-21(15-34-25)23-8-9-26(37)35-27(23)38)14-24(18)29(39)10-11-36(17-28(29,2)3)16-19-4-6-22(7-5-19)30(31,32)33/h4-7,12-15,23,39H,8-11,16-17H2,1-3H3,(H,35,37,38). The fourth-order valence-electron chi connectivity index (χ4n) is 6.06. The average Bonchev–Trinajstić information content (AvgIpc) is 2.85. The van der Waals surface area contributed by atoms with Crippen molar-refractivity contribution in [1.82, 2.24) is 15.2 Å². The lowest BCUT2D eigenvalue weighted by Crippen LogP contribution is -2.55. The highest BCUT2D eigenvalue weighted by Gasteiger charge is 2.49. The summed E-state index contributed by atoms with van der Waals surface area (Å²) < 4.78 is 38.8. The first-order valence-electron chi connectivity index (χ1n) is 13.1. The number of fused-ring (bicyclic) bond motifs is 1. The molecule has 2 aliphatic rings. The van der Waals surface area contributed by atoms with Crippen LogP contribution in [0.2, 0.25) is 0 Å². The second-order valence-corrected chi connectivity index (χ2v) is 11.5. The number of rotatable bonds is 4. The van der Waals surface area contributed by atoms with Crippen molar-refractivity contribution in [2.45, 2.75) is 64.3 Å². The van der Waals surface area contributed by atoms with Crippen LogP contribution in [0.5, 0.6) is 0 Å². The molecular formula is C30H32F3N3O3. The molecule has 9 heteroatoms. The zero-order valence-corrected chi connectivity index (χ0v) is 22.2. The van der Waals surface area contributed by atoms with Crippen molar-refractivity contribution in [1.29, 1.82) is 0 Å². The van der Waals surface area contributed by atoms with Crippen molar-refractivity contribution in [3.8, 4) is 0 Å². The molecule has 0 radical (unpaired) electrons. The van der Waals surface area contributed by atoms with Gasteiger partial charge in [0.2, 0.25) is 11.8 Å². The maximum atomic E-state index is 12.9. The van der Waals surface area contributed by atoms with Gasteiger partial charge in [0.1, 0.15) is 0 Å².